The molecule has 0 bridgehead atoms. The zero-order chi connectivity index (χ0) is 11.8. The van der Waals surface area contributed by atoms with E-state index in [-0.39, 0.29) is 12.4 Å². The van der Waals surface area contributed by atoms with Crippen LogP contribution < -0.4 is 0 Å². The highest BCUT2D eigenvalue weighted by molar-refractivity contribution is 5.62. The van der Waals surface area contributed by atoms with E-state index in [2.05, 4.69) is 5.16 Å². The minimum Gasteiger partial charge on any atom is -0.392 e. The molecule has 1 aromatic heterocycles. The number of nitrogens with zero attached hydrogens (tertiary/aromatic N) is 1. The quantitative estimate of drug-likeness (QED) is 0.886. The summed E-state index contributed by atoms with van der Waals surface area (Å²) >= 11 is 0. The topological polar surface area (TPSA) is 46.3 Å². The molecule has 0 aliphatic heterocycles. The SMILES string of the molecule is OCc1ccc(F)cc1-c1cc(C2CC2)no1. The van der Waals surface area contributed by atoms with E-state index >= 15 is 0 Å². The smallest absolute Gasteiger partial charge is 0.167 e. The van der Waals surface area contributed by atoms with Crippen LogP contribution in [0.3, 0.4) is 0 Å². The molecule has 0 amide bonds. The molecule has 0 atom stereocenters. The van der Waals surface area contributed by atoms with E-state index < -0.39 is 0 Å². The minimum atomic E-state index is -0.346. The molecule has 1 N–H and O–H groups in total. The molecule has 1 saturated carbocycles. The van der Waals surface area contributed by atoms with Gasteiger partial charge in [-0.25, -0.2) is 4.39 Å². The average molecular weight is 233 g/mol. The molecule has 0 spiro atoms. The van der Waals surface area contributed by atoms with Crippen molar-refractivity contribution in [1.29, 1.82) is 0 Å². The first-order valence-corrected chi connectivity index (χ1v) is 5.64. The van der Waals surface area contributed by atoms with Crippen LogP contribution >= 0.6 is 0 Å². The summed E-state index contributed by atoms with van der Waals surface area (Å²) in [6.45, 7) is -0.144. The first-order valence-electron chi connectivity index (χ1n) is 5.64. The molecule has 4 heteroatoms. The molecule has 1 aromatic carbocycles. The van der Waals surface area contributed by atoms with Crippen molar-refractivity contribution >= 4 is 0 Å². The van der Waals surface area contributed by atoms with E-state index in [0.717, 1.165) is 18.5 Å². The molecular formula is C13H12FNO2. The second-order valence-corrected chi connectivity index (χ2v) is 4.35. The van der Waals surface area contributed by atoms with Crippen molar-refractivity contribution in [2.75, 3.05) is 0 Å². The van der Waals surface area contributed by atoms with E-state index in [9.17, 15) is 9.50 Å². The molecule has 0 radical (unpaired) electrons. The second kappa shape index (κ2) is 3.96. The average Bonchev–Trinajstić information content (AvgIpc) is 3.07. The van der Waals surface area contributed by atoms with Gasteiger partial charge >= 0.3 is 0 Å². The third-order valence-electron chi connectivity index (χ3n) is 3.03. The van der Waals surface area contributed by atoms with Crippen molar-refractivity contribution < 1.29 is 14.0 Å². The van der Waals surface area contributed by atoms with Gasteiger partial charge < -0.3 is 9.63 Å². The molecular weight excluding hydrogens is 221 g/mol. The minimum absolute atomic E-state index is 0.144. The fourth-order valence-corrected chi connectivity index (χ4v) is 1.90. The van der Waals surface area contributed by atoms with Gasteiger partial charge in [0.2, 0.25) is 0 Å². The first kappa shape index (κ1) is 10.5. The number of halogens is 1. The summed E-state index contributed by atoms with van der Waals surface area (Å²) < 4.78 is 18.4. The lowest BCUT2D eigenvalue weighted by atomic mass is 10.1. The van der Waals surface area contributed by atoms with Crippen LogP contribution in [0, 0.1) is 5.82 Å². The highest BCUT2D eigenvalue weighted by Crippen LogP contribution is 2.40. The Labute approximate surface area is 97.9 Å². The molecule has 1 aliphatic carbocycles. The summed E-state index contributed by atoms with van der Waals surface area (Å²) in [5, 5.41) is 13.2. The summed E-state index contributed by atoms with van der Waals surface area (Å²) in [7, 11) is 0. The third-order valence-corrected chi connectivity index (χ3v) is 3.03. The predicted molar refractivity (Wildman–Crippen MR) is 59.8 cm³/mol. The van der Waals surface area contributed by atoms with Gasteiger partial charge in [-0.2, -0.15) is 0 Å². The Morgan fingerprint density at radius 2 is 2.18 bits per heavy atom. The van der Waals surface area contributed by atoms with Gasteiger partial charge in [0.05, 0.1) is 12.3 Å². The molecule has 0 saturated heterocycles. The fraction of sp³-hybridized carbons (Fsp3) is 0.308. The van der Waals surface area contributed by atoms with Crippen molar-refractivity contribution in [1.82, 2.24) is 5.16 Å². The Kier molecular flexibility index (Phi) is 2.44. The maximum absolute atomic E-state index is 13.2. The Bertz CT molecular complexity index is 546. The lowest BCUT2D eigenvalue weighted by Gasteiger charge is -2.03. The summed E-state index contributed by atoms with van der Waals surface area (Å²) in [5.41, 5.74) is 2.14. The van der Waals surface area contributed by atoms with E-state index in [1.54, 1.807) is 6.07 Å². The predicted octanol–water partition coefficient (Wildman–Crippen LogP) is 2.85. The van der Waals surface area contributed by atoms with E-state index in [1.807, 2.05) is 6.07 Å². The van der Waals surface area contributed by atoms with Crippen molar-refractivity contribution in [3.05, 3.63) is 41.3 Å². The van der Waals surface area contributed by atoms with Crippen LogP contribution in [-0.4, -0.2) is 10.3 Å². The Morgan fingerprint density at radius 1 is 1.35 bits per heavy atom. The van der Waals surface area contributed by atoms with Crippen LogP contribution in [0.2, 0.25) is 0 Å². The van der Waals surface area contributed by atoms with Crippen LogP contribution in [0.25, 0.3) is 11.3 Å². The van der Waals surface area contributed by atoms with Crippen LogP contribution in [-0.2, 0) is 6.61 Å². The van der Waals surface area contributed by atoms with Crippen molar-refractivity contribution in [3.63, 3.8) is 0 Å². The lowest BCUT2D eigenvalue weighted by molar-refractivity contribution is 0.281. The Balaban J connectivity index is 2.03. The number of hydrogen-bond donors (Lipinski definition) is 1. The number of aliphatic hydroxyl groups is 1. The Morgan fingerprint density at radius 3 is 2.88 bits per heavy atom. The normalized spacial score (nSPS) is 15.2. The molecule has 2 aromatic rings. The third kappa shape index (κ3) is 1.96. The lowest BCUT2D eigenvalue weighted by Crippen LogP contribution is -1.89. The van der Waals surface area contributed by atoms with Gasteiger partial charge in [0.25, 0.3) is 0 Å². The number of aliphatic hydroxyl groups excluding tert-OH is 1. The summed E-state index contributed by atoms with van der Waals surface area (Å²) in [4.78, 5) is 0. The van der Waals surface area contributed by atoms with Gasteiger partial charge in [-0.15, -0.1) is 0 Å². The van der Waals surface area contributed by atoms with Gasteiger partial charge in [0.1, 0.15) is 5.82 Å². The standard InChI is InChI=1S/C13H12FNO2/c14-10-4-3-9(7-16)11(5-10)13-6-12(15-17-13)8-1-2-8/h3-6,8,16H,1-2,7H2. The molecule has 1 fully saturated rings. The number of rotatable bonds is 3. The maximum Gasteiger partial charge on any atom is 0.167 e. The molecule has 17 heavy (non-hydrogen) atoms. The van der Waals surface area contributed by atoms with Crippen molar-refractivity contribution in [3.8, 4) is 11.3 Å². The number of aromatic nitrogens is 1. The molecule has 3 nitrogen and oxygen atoms in total. The molecule has 1 heterocycles. The van der Waals surface area contributed by atoms with Gasteiger partial charge in [-0.1, -0.05) is 11.2 Å². The van der Waals surface area contributed by atoms with Crippen molar-refractivity contribution in [2.45, 2.75) is 25.4 Å². The zero-order valence-electron chi connectivity index (χ0n) is 9.19. The molecule has 88 valence electrons. The fourth-order valence-electron chi connectivity index (χ4n) is 1.90. The van der Waals surface area contributed by atoms with Gasteiger partial charge in [-0.05, 0) is 30.5 Å². The maximum atomic E-state index is 13.2. The highest BCUT2D eigenvalue weighted by atomic mass is 19.1. The van der Waals surface area contributed by atoms with E-state index in [0.29, 0.717) is 22.8 Å². The van der Waals surface area contributed by atoms with Gasteiger partial charge in [0.15, 0.2) is 5.76 Å². The zero-order valence-corrected chi connectivity index (χ0v) is 9.19. The van der Waals surface area contributed by atoms with Crippen LogP contribution in [0.15, 0.2) is 28.8 Å². The summed E-state index contributed by atoms with van der Waals surface area (Å²) in [6, 6.07) is 6.09. The van der Waals surface area contributed by atoms with E-state index in [4.69, 9.17) is 4.52 Å². The van der Waals surface area contributed by atoms with E-state index in [1.165, 1.54) is 12.1 Å². The van der Waals surface area contributed by atoms with Gasteiger partial charge in [0, 0.05) is 17.5 Å². The molecule has 1 aliphatic rings. The molecule has 3 rings (SSSR count). The highest BCUT2D eigenvalue weighted by Gasteiger charge is 2.27. The summed E-state index contributed by atoms with van der Waals surface area (Å²) in [6.07, 6.45) is 2.28. The largest absolute Gasteiger partial charge is 0.392 e. The van der Waals surface area contributed by atoms with Crippen LogP contribution in [0.4, 0.5) is 4.39 Å². The monoisotopic (exact) mass is 233 g/mol. The second-order valence-electron chi connectivity index (χ2n) is 4.35. The number of benzene rings is 1. The molecule has 0 unspecified atom stereocenters. The van der Waals surface area contributed by atoms with Crippen LogP contribution in [0.5, 0.6) is 0 Å². The van der Waals surface area contributed by atoms with Crippen molar-refractivity contribution in [2.24, 2.45) is 0 Å². The van der Waals surface area contributed by atoms with Gasteiger partial charge in [-0.3, -0.25) is 0 Å². The first-order chi connectivity index (χ1) is 8.28. The van der Waals surface area contributed by atoms with Crippen LogP contribution in [0.1, 0.15) is 30.0 Å². The summed E-state index contributed by atoms with van der Waals surface area (Å²) in [5.74, 6) is 0.677. The number of hydrogen-bond acceptors (Lipinski definition) is 3. The Hall–Kier alpha value is -1.68.